The van der Waals surface area contributed by atoms with E-state index in [1.165, 1.54) is 0 Å². The number of nitrogens with one attached hydrogen (secondary N) is 1. The molecule has 1 rings (SSSR count). The maximum absolute atomic E-state index is 12.2. The van der Waals surface area contributed by atoms with Gasteiger partial charge in [-0.1, -0.05) is 26.8 Å². The minimum Gasteiger partial charge on any atom is -0.494 e. The molecule has 0 aliphatic rings. The lowest BCUT2D eigenvalue weighted by Gasteiger charge is -2.20. The summed E-state index contributed by atoms with van der Waals surface area (Å²) in [5.41, 5.74) is 0.472. The van der Waals surface area contributed by atoms with Crippen molar-refractivity contribution in [1.29, 1.82) is 0 Å². The molecule has 0 spiro atoms. The van der Waals surface area contributed by atoms with Crippen molar-refractivity contribution in [2.75, 3.05) is 6.61 Å². The summed E-state index contributed by atoms with van der Waals surface area (Å²) in [5, 5.41) is 11.7. The molecule has 1 atom stereocenters. The van der Waals surface area contributed by atoms with Gasteiger partial charge in [0.2, 0.25) is 0 Å². The molecule has 5 nitrogen and oxygen atoms in total. The molecule has 0 radical (unpaired) electrons. The molecule has 1 aromatic carbocycles. The first kappa shape index (κ1) is 17.0. The highest BCUT2D eigenvalue weighted by atomic mass is 16.5. The highest BCUT2D eigenvalue weighted by Gasteiger charge is 2.20. The summed E-state index contributed by atoms with van der Waals surface area (Å²) in [7, 11) is 0. The second-order valence-corrected chi connectivity index (χ2v) is 5.30. The molecule has 1 aromatic rings. The van der Waals surface area contributed by atoms with Gasteiger partial charge in [0.15, 0.2) is 0 Å². The lowest BCUT2D eigenvalue weighted by Crippen LogP contribution is -2.40. The van der Waals surface area contributed by atoms with Gasteiger partial charge in [-0.25, -0.2) is 0 Å². The zero-order chi connectivity index (χ0) is 15.8. The second kappa shape index (κ2) is 8.29. The van der Waals surface area contributed by atoms with Crippen LogP contribution in [0.3, 0.4) is 0 Å². The van der Waals surface area contributed by atoms with E-state index in [-0.39, 0.29) is 18.2 Å². The van der Waals surface area contributed by atoms with Gasteiger partial charge in [0.05, 0.1) is 13.0 Å². The molecule has 0 saturated heterocycles. The average Bonchev–Trinajstić information content (AvgIpc) is 2.44. The smallest absolute Gasteiger partial charge is 0.305 e. The molecule has 0 bridgehead atoms. The summed E-state index contributed by atoms with van der Waals surface area (Å²) in [6, 6.07) is 6.51. The first-order chi connectivity index (χ1) is 9.93. The van der Waals surface area contributed by atoms with Crippen molar-refractivity contribution in [3.63, 3.8) is 0 Å². The standard InChI is InChI=1S/C16H23NO4/c1-4-8-21-13-7-5-6-12(9-13)16(20)17-14(11(2)3)10-15(18)19/h5-7,9,11,14H,4,8,10H2,1-3H3,(H,17,20)(H,18,19). The summed E-state index contributed by atoms with van der Waals surface area (Å²) in [5.74, 6) is -0.515. The van der Waals surface area contributed by atoms with Crippen molar-refractivity contribution in [1.82, 2.24) is 5.32 Å². The average molecular weight is 293 g/mol. The van der Waals surface area contributed by atoms with Crippen molar-refractivity contribution < 1.29 is 19.4 Å². The van der Waals surface area contributed by atoms with Crippen LogP contribution >= 0.6 is 0 Å². The highest BCUT2D eigenvalue weighted by Crippen LogP contribution is 2.15. The van der Waals surface area contributed by atoms with E-state index in [0.717, 1.165) is 6.42 Å². The Labute approximate surface area is 125 Å². The zero-order valence-electron chi connectivity index (χ0n) is 12.8. The van der Waals surface area contributed by atoms with Crippen LogP contribution in [0.25, 0.3) is 0 Å². The fourth-order valence-electron chi connectivity index (χ4n) is 1.84. The number of rotatable bonds is 8. The number of aliphatic carboxylic acids is 1. The first-order valence-electron chi connectivity index (χ1n) is 7.19. The Hall–Kier alpha value is -2.04. The van der Waals surface area contributed by atoms with Crippen molar-refractivity contribution in [3.8, 4) is 5.75 Å². The third-order valence-electron chi connectivity index (χ3n) is 3.08. The van der Waals surface area contributed by atoms with Crippen LogP contribution in [0.2, 0.25) is 0 Å². The van der Waals surface area contributed by atoms with Gasteiger partial charge in [-0.2, -0.15) is 0 Å². The van der Waals surface area contributed by atoms with Crippen molar-refractivity contribution >= 4 is 11.9 Å². The van der Waals surface area contributed by atoms with E-state index in [1.807, 2.05) is 20.8 Å². The predicted octanol–water partition coefficient (Wildman–Crippen LogP) is 2.70. The van der Waals surface area contributed by atoms with Crippen LogP contribution < -0.4 is 10.1 Å². The highest BCUT2D eigenvalue weighted by molar-refractivity contribution is 5.95. The summed E-state index contributed by atoms with van der Waals surface area (Å²) >= 11 is 0. The van der Waals surface area contributed by atoms with E-state index in [0.29, 0.717) is 17.9 Å². The van der Waals surface area contributed by atoms with Gasteiger partial charge in [0.1, 0.15) is 5.75 Å². The quantitative estimate of drug-likeness (QED) is 0.772. The molecule has 0 aliphatic carbocycles. The van der Waals surface area contributed by atoms with Crippen LogP contribution in [-0.2, 0) is 4.79 Å². The molecule has 0 aromatic heterocycles. The lowest BCUT2D eigenvalue weighted by molar-refractivity contribution is -0.137. The molecule has 116 valence electrons. The number of hydrogen-bond donors (Lipinski definition) is 2. The van der Waals surface area contributed by atoms with Gasteiger partial charge in [-0.15, -0.1) is 0 Å². The maximum atomic E-state index is 12.2. The molecule has 0 fully saturated rings. The van der Waals surface area contributed by atoms with Crippen LogP contribution in [-0.4, -0.2) is 29.6 Å². The number of carboxylic acid groups (broad SMARTS) is 1. The molecule has 2 N–H and O–H groups in total. The predicted molar refractivity (Wildman–Crippen MR) is 80.6 cm³/mol. The summed E-state index contributed by atoms with van der Waals surface area (Å²) in [6.07, 6.45) is 0.805. The second-order valence-electron chi connectivity index (χ2n) is 5.30. The summed E-state index contributed by atoms with van der Waals surface area (Å²) < 4.78 is 5.49. The third kappa shape index (κ3) is 5.85. The van der Waals surface area contributed by atoms with Crippen molar-refractivity contribution in [3.05, 3.63) is 29.8 Å². The van der Waals surface area contributed by atoms with Gasteiger partial charge in [0, 0.05) is 11.6 Å². The molecule has 5 heteroatoms. The number of carbonyl (C=O) groups excluding carboxylic acids is 1. The van der Waals surface area contributed by atoms with Crippen LogP contribution in [0.15, 0.2) is 24.3 Å². The fraction of sp³-hybridized carbons (Fsp3) is 0.500. The minimum absolute atomic E-state index is 0.0459. The first-order valence-corrected chi connectivity index (χ1v) is 7.19. The Bertz CT molecular complexity index is 485. The van der Waals surface area contributed by atoms with E-state index < -0.39 is 12.0 Å². The van der Waals surface area contributed by atoms with Crippen LogP contribution in [0.4, 0.5) is 0 Å². The normalized spacial score (nSPS) is 12.0. The number of ether oxygens (including phenoxy) is 1. The van der Waals surface area contributed by atoms with Gasteiger partial charge < -0.3 is 15.2 Å². The molecular formula is C16H23NO4. The Morgan fingerprint density at radius 2 is 2.05 bits per heavy atom. The van der Waals surface area contributed by atoms with Crippen molar-refractivity contribution in [2.24, 2.45) is 5.92 Å². The molecule has 0 heterocycles. The molecule has 21 heavy (non-hydrogen) atoms. The number of benzene rings is 1. The molecular weight excluding hydrogens is 270 g/mol. The Balaban J connectivity index is 2.75. The van der Waals surface area contributed by atoms with Gasteiger partial charge in [-0.05, 0) is 30.5 Å². The SMILES string of the molecule is CCCOc1cccc(C(=O)NC(CC(=O)O)C(C)C)c1. The summed E-state index contributed by atoms with van der Waals surface area (Å²) in [4.78, 5) is 23.0. The van der Waals surface area contributed by atoms with Crippen LogP contribution in [0, 0.1) is 5.92 Å². The third-order valence-corrected chi connectivity index (χ3v) is 3.08. The van der Waals surface area contributed by atoms with E-state index in [9.17, 15) is 9.59 Å². The van der Waals surface area contributed by atoms with Gasteiger partial charge >= 0.3 is 5.97 Å². The van der Waals surface area contributed by atoms with E-state index in [2.05, 4.69) is 5.32 Å². The monoisotopic (exact) mass is 293 g/mol. The number of hydrogen-bond acceptors (Lipinski definition) is 3. The van der Waals surface area contributed by atoms with Crippen LogP contribution in [0.1, 0.15) is 44.0 Å². The molecule has 0 aliphatic heterocycles. The topological polar surface area (TPSA) is 75.6 Å². The van der Waals surface area contributed by atoms with Gasteiger partial charge in [0.25, 0.3) is 5.91 Å². The van der Waals surface area contributed by atoms with E-state index >= 15 is 0 Å². The van der Waals surface area contributed by atoms with Gasteiger partial charge in [-0.3, -0.25) is 9.59 Å². The van der Waals surface area contributed by atoms with Crippen LogP contribution in [0.5, 0.6) is 5.75 Å². The summed E-state index contributed by atoms with van der Waals surface area (Å²) in [6.45, 7) is 6.37. The van der Waals surface area contributed by atoms with E-state index in [1.54, 1.807) is 24.3 Å². The number of amides is 1. The molecule has 0 saturated carbocycles. The van der Waals surface area contributed by atoms with Crippen molar-refractivity contribution in [2.45, 2.75) is 39.7 Å². The Kier molecular flexibility index (Phi) is 6.72. The number of carboxylic acids is 1. The fourth-order valence-corrected chi connectivity index (χ4v) is 1.84. The maximum Gasteiger partial charge on any atom is 0.305 e. The zero-order valence-corrected chi connectivity index (χ0v) is 12.8. The minimum atomic E-state index is -0.922. The number of carbonyl (C=O) groups is 2. The Morgan fingerprint density at radius 3 is 2.62 bits per heavy atom. The largest absolute Gasteiger partial charge is 0.494 e. The lowest BCUT2D eigenvalue weighted by atomic mass is 10.0. The molecule has 1 amide bonds. The Morgan fingerprint density at radius 1 is 1.33 bits per heavy atom. The van der Waals surface area contributed by atoms with E-state index in [4.69, 9.17) is 9.84 Å². The molecule has 1 unspecified atom stereocenters.